The third kappa shape index (κ3) is 15.4. The maximum atomic E-state index is 14.9. The van der Waals surface area contributed by atoms with Crippen molar-refractivity contribution in [3.05, 3.63) is 108 Å². The van der Waals surface area contributed by atoms with Crippen LogP contribution in [0.1, 0.15) is 55.2 Å². The zero-order valence-electron chi connectivity index (χ0n) is 39.9. The number of aliphatic imine (C=N–C) groups is 3. The minimum atomic E-state index is -1.33. The third-order valence-electron chi connectivity index (χ3n) is 12.1. The van der Waals surface area contributed by atoms with Gasteiger partial charge in [0.05, 0.1) is 0 Å². The van der Waals surface area contributed by atoms with Crippen LogP contribution in [0.3, 0.4) is 0 Å². The van der Waals surface area contributed by atoms with E-state index in [2.05, 4.69) is 56.8 Å². The van der Waals surface area contributed by atoms with Gasteiger partial charge in [0.15, 0.2) is 17.9 Å². The van der Waals surface area contributed by atoms with Crippen molar-refractivity contribution < 1.29 is 28.8 Å². The standard InChI is InChI=1S/C49H65N17O6/c50-47(51)56-20-8-17-35-41(67)61-36(18-9-21-57-48(52)53)43(69)65-40(25-30-27-60-34-16-7-5-14-32(30)34)46(72)66-39(24-29-26-59-33-15-6-4-13-31(29)33)45(71)63-37(19-10-22-58-49(54)55)42(68)64-38(44(70)62-35)23-28-11-2-1-3-12-28/h1-7,11-16,26-27,35-40,59-60H,8-10,17-25H2,(H,61,67)(H,62,70)(H,63,71)(H,64,68)(H,65,69)(H,66,72)(H4,50,51,56)(H4,52,53,57)(H4,54,55,58)/t35-,36-,37-,38-,39+,40-/m0/s1. The molecule has 1 fully saturated rings. The Kier molecular flexibility index (Phi) is 18.9. The quantitative estimate of drug-likeness (QED) is 0.0279. The van der Waals surface area contributed by atoms with Crippen LogP contribution in [-0.2, 0) is 48.0 Å². The number of nitrogens with zero attached hydrogens (tertiary/aromatic N) is 3. The average Bonchev–Trinajstić information content (AvgIpc) is 3.96. The molecule has 0 spiro atoms. The number of carbonyl (C=O) groups excluding carboxylic acids is 6. The highest BCUT2D eigenvalue weighted by Crippen LogP contribution is 2.22. The molecule has 6 rings (SSSR count). The van der Waals surface area contributed by atoms with E-state index in [0.717, 1.165) is 21.8 Å². The van der Waals surface area contributed by atoms with E-state index < -0.39 is 71.7 Å². The van der Waals surface area contributed by atoms with E-state index in [-0.39, 0.29) is 95.3 Å². The Labute approximate surface area is 415 Å². The van der Waals surface area contributed by atoms with Crippen LogP contribution in [0.4, 0.5) is 0 Å². The lowest BCUT2D eigenvalue weighted by Gasteiger charge is -2.29. The van der Waals surface area contributed by atoms with E-state index in [0.29, 0.717) is 16.7 Å². The smallest absolute Gasteiger partial charge is 0.243 e. The summed E-state index contributed by atoms with van der Waals surface area (Å²) in [6.07, 6.45) is 3.96. The lowest BCUT2D eigenvalue weighted by Crippen LogP contribution is -2.62. The van der Waals surface area contributed by atoms with Crippen molar-refractivity contribution in [1.29, 1.82) is 0 Å². The zero-order chi connectivity index (χ0) is 51.6. The number of aromatic amines is 2. The second-order valence-corrected chi connectivity index (χ2v) is 17.5. The van der Waals surface area contributed by atoms with Gasteiger partial charge < -0.3 is 76.3 Å². The summed E-state index contributed by atoms with van der Waals surface area (Å²) in [5, 5.41) is 18.6. The van der Waals surface area contributed by atoms with Gasteiger partial charge in [0.1, 0.15) is 36.3 Å². The third-order valence-corrected chi connectivity index (χ3v) is 12.1. The molecular weight excluding hydrogens is 923 g/mol. The van der Waals surface area contributed by atoms with Crippen molar-refractivity contribution in [2.45, 2.75) is 94.0 Å². The van der Waals surface area contributed by atoms with Crippen LogP contribution in [0.2, 0.25) is 0 Å². The van der Waals surface area contributed by atoms with Gasteiger partial charge in [-0.1, -0.05) is 66.7 Å². The monoisotopic (exact) mass is 988 g/mol. The fourth-order valence-electron chi connectivity index (χ4n) is 8.47. The van der Waals surface area contributed by atoms with E-state index in [1.165, 1.54) is 0 Å². The summed E-state index contributed by atoms with van der Waals surface area (Å²) in [5.41, 5.74) is 37.1. The largest absolute Gasteiger partial charge is 0.370 e. The first-order chi connectivity index (χ1) is 34.6. The van der Waals surface area contributed by atoms with Crippen molar-refractivity contribution in [2.24, 2.45) is 49.4 Å². The topological polar surface area (TPSA) is 399 Å². The van der Waals surface area contributed by atoms with Gasteiger partial charge in [-0.15, -0.1) is 0 Å². The first-order valence-corrected chi connectivity index (χ1v) is 23.8. The number of aromatic nitrogens is 2. The summed E-state index contributed by atoms with van der Waals surface area (Å²) in [6, 6.07) is 15.9. The van der Waals surface area contributed by atoms with E-state index >= 15 is 0 Å². The number of fused-ring (bicyclic) bond motifs is 2. The van der Waals surface area contributed by atoms with Gasteiger partial charge in [0, 0.05) is 73.1 Å². The maximum Gasteiger partial charge on any atom is 0.243 e. The van der Waals surface area contributed by atoms with Crippen molar-refractivity contribution in [3.8, 4) is 0 Å². The van der Waals surface area contributed by atoms with Gasteiger partial charge >= 0.3 is 0 Å². The number of H-pyrrole nitrogens is 2. The molecule has 0 saturated carbocycles. The van der Waals surface area contributed by atoms with Crippen LogP contribution in [0.5, 0.6) is 0 Å². The zero-order valence-corrected chi connectivity index (χ0v) is 39.9. The van der Waals surface area contributed by atoms with Crippen molar-refractivity contribution in [2.75, 3.05) is 19.6 Å². The molecule has 3 heterocycles. The summed E-state index contributed by atoms with van der Waals surface area (Å²) in [6.45, 7) is 0.301. The number of amides is 6. The molecular formula is C49H65N17O6. The van der Waals surface area contributed by atoms with Crippen LogP contribution in [0.15, 0.2) is 106 Å². The molecule has 20 N–H and O–H groups in total. The second kappa shape index (κ2) is 25.8. The van der Waals surface area contributed by atoms with Crippen molar-refractivity contribution >= 4 is 75.1 Å². The maximum absolute atomic E-state index is 14.9. The number of para-hydroxylation sites is 2. The van der Waals surface area contributed by atoms with Gasteiger partial charge in [0.2, 0.25) is 35.4 Å². The lowest BCUT2D eigenvalue weighted by atomic mass is 10.00. The second-order valence-electron chi connectivity index (χ2n) is 17.5. The summed E-state index contributed by atoms with van der Waals surface area (Å²) < 4.78 is 0. The molecule has 23 nitrogen and oxygen atoms in total. The SMILES string of the molecule is NC(N)=NCCC[C@@H]1NC(=O)[C@H](Cc2ccccc2)NC(=O)[C@H](CCCN=C(N)N)NC(=O)[C@@H](Cc2c[nH]c3ccccc23)NC(=O)[C@H](Cc2c[nH]c3ccccc23)NC(=O)[C@H](CCCN=C(N)N)NC1=O. The molecule has 5 aromatic rings. The number of benzene rings is 3. The molecule has 1 saturated heterocycles. The number of hydrogen-bond donors (Lipinski definition) is 14. The Morgan fingerprint density at radius 1 is 0.389 bits per heavy atom. The molecule has 72 heavy (non-hydrogen) atoms. The normalized spacial score (nSPS) is 20.4. The summed E-state index contributed by atoms with van der Waals surface area (Å²) in [5.74, 6) is -4.95. The molecule has 0 unspecified atom stereocenters. The lowest BCUT2D eigenvalue weighted by molar-refractivity contribution is -0.136. The van der Waals surface area contributed by atoms with Crippen LogP contribution in [0, 0.1) is 0 Å². The molecule has 1 aliphatic heterocycles. The molecule has 6 amide bonds. The molecule has 6 atom stereocenters. The van der Waals surface area contributed by atoms with Crippen molar-refractivity contribution in [3.63, 3.8) is 0 Å². The number of hydrogen-bond acceptors (Lipinski definition) is 9. The molecule has 0 bridgehead atoms. The van der Waals surface area contributed by atoms with E-state index in [9.17, 15) is 28.8 Å². The van der Waals surface area contributed by atoms with Crippen LogP contribution < -0.4 is 66.3 Å². The minimum absolute atomic E-state index is 0.00141. The Morgan fingerprint density at radius 3 is 1.06 bits per heavy atom. The molecule has 3 aromatic carbocycles. The summed E-state index contributed by atoms with van der Waals surface area (Å²) in [7, 11) is 0. The Balaban J connectivity index is 1.45. The summed E-state index contributed by atoms with van der Waals surface area (Å²) >= 11 is 0. The molecule has 0 radical (unpaired) electrons. The highest BCUT2D eigenvalue weighted by atomic mass is 16.2. The molecule has 1 aliphatic rings. The van der Waals surface area contributed by atoms with Crippen LogP contribution in [0.25, 0.3) is 21.8 Å². The van der Waals surface area contributed by atoms with Crippen LogP contribution in [-0.4, -0.2) is 119 Å². The number of nitrogens with two attached hydrogens (primary N) is 6. The fourth-order valence-corrected chi connectivity index (χ4v) is 8.47. The van der Waals surface area contributed by atoms with Gasteiger partial charge in [-0.2, -0.15) is 0 Å². The van der Waals surface area contributed by atoms with E-state index in [1.54, 1.807) is 42.7 Å². The van der Waals surface area contributed by atoms with Crippen LogP contribution >= 0.6 is 0 Å². The fraction of sp³-hybridized carbons (Fsp3) is 0.367. The van der Waals surface area contributed by atoms with Crippen molar-refractivity contribution in [1.82, 2.24) is 41.9 Å². The van der Waals surface area contributed by atoms with E-state index in [1.807, 2.05) is 48.5 Å². The van der Waals surface area contributed by atoms with Gasteiger partial charge in [0.25, 0.3) is 0 Å². The Bertz CT molecular complexity index is 2760. The number of rotatable bonds is 18. The Morgan fingerprint density at radius 2 is 0.694 bits per heavy atom. The van der Waals surface area contributed by atoms with Gasteiger partial charge in [-0.25, -0.2) is 0 Å². The predicted molar refractivity (Wildman–Crippen MR) is 275 cm³/mol. The van der Waals surface area contributed by atoms with Gasteiger partial charge in [-0.05, 0) is 67.3 Å². The number of nitrogens with one attached hydrogen (secondary N) is 8. The number of carbonyl (C=O) groups is 6. The predicted octanol–water partition coefficient (Wildman–Crippen LogP) is -1.24. The first-order valence-electron chi connectivity index (χ1n) is 23.8. The Hall–Kier alpha value is -8.63. The highest BCUT2D eigenvalue weighted by molar-refractivity contribution is 5.99. The number of guanidine groups is 3. The van der Waals surface area contributed by atoms with Gasteiger partial charge in [-0.3, -0.25) is 43.7 Å². The average molecular weight is 988 g/mol. The minimum Gasteiger partial charge on any atom is -0.370 e. The van der Waals surface area contributed by atoms with E-state index in [4.69, 9.17) is 34.4 Å². The molecule has 382 valence electrons. The molecule has 2 aromatic heterocycles. The molecule has 0 aliphatic carbocycles. The first kappa shape index (κ1) is 52.7. The highest BCUT2D eigenvalue weighted by Gasteiger charge is 2.36. The summed E-state index contributed by atoms with van der Waals surface area (Å²) in [4.78, 5) is 107. The molecule has 23 heteroatoms.